The fourth-order valence-electron chi connectivity index (χ4n) is 1.16. The SMILES string of the molecule is c1ccc([Se]Cc2ccccn2)cc1. The Labute approximate surface area is 90.4 Å². The number of rotatable bonds is 3. The van der Waals surface area contributed by atoms with Crippen molar-refractivity contribution < 1.29 is 0 Å². The van der Waals surface area contributed by atoms with Crippen LogP contribution in [0.3, 0.4) is 0 Å². The molecule has 0 N–H and O–H groups in total. The Bertz CT molecular complexity index is 333. The molecule has 0 atom stereocenters. The van der Waals surface area contributed by atoms with Crippen molar-refractivity contribution in [1.82, 2.24) is 4.98 Å². The van der Waals surface area contributed by atoms with E-state index in [2.05, 4.69) is 41.4 Å². The summed E-state index contributed by atoms with van der Waals surface area (Å²) in [6.07, 6.45) is 1.86. The molecule has 1 aromatic heterocycles. The summed E-state index contributed by atoms with van der Waals surface area (Å²) in [5.74, 6) is 0. The Kier molecular flexibility index (Phi) is 3.33. The third kappa shape index (κ3) is 2.69. The number of nitrogens with zero attached hydrogens (tertiary/aromatic N) is 1. The molecule has 0 unspecified atom stereocenters. The first kappa shape index (κ1) is 9.44. The number of hydrogen-bond acceptors (Lipinski definition) is 1. The van der Waals surface area contributed by atoms with Crippen LogP contribution in [-0.4, -0.2) is 19.9 Å². The van der Waals surface area contributed by atoms with E-state index >= 15 is 0 Å². The summed E-state index contributed by atoms with van der Waals surface area (Å²) in [5, 5.41) is 1.08. The maximum atomic E-state index is 4.31. The molecule has 0 fully saturated rings. The van der Waals surface area contributed by atoms with Gasteiger partial charge in [0.1, 0.15) is 0 Å². The summed E-state index contributed by atoms with van der Waals surface area (Å²) in [6.45, 7) is 0. The topological polar surface area (TPSA) is 12.9 Å². The summed E-state index contributed by atoms with van der Waals surface area (Å²) < 4.78 is 1.44. The first-order valence-electron chi connectivity index (χ1n) is 4.53. The molecule has 0 aliphatic rings. The van der Waals surface area contributed by atoms with Gasteiger partial charge in [-0.15, -0.1) is 0 Å². The zero-order chi connectivity index (χ0) is 9.64. The summed E-state index contributed by atoms with van der Waals surface area (Å²) in [7, 11) is 0. The molecular weight excluding hydrogens is 237 g/mol. The van der Waals surface area contributed by atoms with Gasteiger partial charge in [0.25, 0.3) is 0 Å². The first-order valence-corrected chi connectivity index (χ1v) is 6.60. The van der Waals surface area contributed by atoms with Gasteiger partial charge in [0, 0.05) is 0 Å². The minimum absolute atomic E-state index is 0.510. The van der Waals surface area contributed by atoms with Gasteiger partial charge in [-0.1, -0.05) is 0 Å². The maximum absolute atomic E-state index is 4.31. The standard InChI is InChI=1S/C12H11NSe/c1-2-7-12(8-3-1)14-10-11-6-4-5-9-13-11/h1-9H,10H2. The van der Waals surface area contributed by atoms with Crippen molar-refractivity contribution >= 4 is 19.4 Å². The van der Waals surface area contributed by atoms with Crippen LogP contribution in [0.1, 0.15) is 5.69 Å². The monoisotopic (exact) mass is 249 g/mol. The van der Waals surface area contributed by atoms with Gasteiger partial charge in [0.05, 0.1) is 0 Å². The molecule has 0 radical (unpaired) electrons. The van der Waals surface area contributed by atoms with Crippen LogP contribution < -0.4 is 4.46 Å². The molecule has 2 heteroatoms. The van der Waals surface area contributed by atoms with Crippen molar-refractivity contribution in [3.63, 3.8) is 0 Å². The molecule has 0 aliphatic carbocycles. The van der Waals surface area contributed by atoms with Gasteiger partial charge in [0.2, 0.25) is 0 Å². The normalized spacial score (nSPS) is 10.0. The Morgan fingerprint density at radius 2 is 1.71 bits per heavy atom. The van der Waals surface area contributed by atoms with Gasteiger partial charge in [-0.05, 0) is 0 Å². The van der Waals surface area contributed by atoms with Gasteiger partial charge in [-0.25, -0.2) is 0 Å². The second kappa shape index (κ2) is 4.94. The third-order valence-electron chi connectivity index (χ3n) is 1.86. The van der Waals surface area contributed by atoms with E-state index in [9.17, 15) is 0 Å². The van der Waals surface area contributed by atoms with E-state index in [-0.39, 0.29) is 0 Å². The Morgan fingerprint density at radius 1 is 0.929 bits per heavy atom. The van der Waals surface area contributed by atoms with Crippen molar-refractivity contribution in [2.24, 2.45) is 0 Å². The summed E-state index contributed by atoms with van der Waals surface area (Å²) in [5.41, 5.74) is 1.19. The molecule has 0 bridgehead atoms. The molecule has 2 aromatic rings. The zero-order valence-corrected chi connectivity index (χ0v) is 9.47. The Hall–Kier alpha value is -1.11. The molecule has 1 nitrogen and oxygen atoms in total. The molecule has 14 heavy (non-hydrogen) atoms. The van der Waals surface area contributed by atoms with E-state index < -0.39 is 0 Å². The predicted molar refractivity (Wildman–Crippen MR) is 59.8 cm³/mol. The molecule has 2 rings (SSSR count). The fourth-order valence-corrected chi connectivity index (χ4v) is 2.91. The van der Waals surface area contributed by atoms with E-state index in [1.165, 1.54) is 10.2 Å². The van der Waals surface area contributed by atoms with Gasteiger partial charge in [-0.2, -0.15) is 0 Å². The van der Waals surface area contributed by atoms with Crippen LogP contribution in [0.4, 0.5) is 0 Å². The number of pyridine rings is 1. The molecule has 1 heterocycles. The van der Waals surface area contributed by atoms with Crippen molar-refractivity contribution in [3.05, 3.63) is 60.4 Å². The quantitative estimate of drug-likeness (QED) is 0.752. The summed E-state index contributed by atoms with van der Waals surface area (Å²) in [4.78, 5) is 4.31. The average Bonchev–Trinajstić information content (AvgIpc) is 2.29. The molecule has 1 aromatic carbocycles. The predicted octanol–water partition coefficient (Wildman–Crippen LogP) is 1.61. The zero-order valence-electron chi connectivity index (χ0n) is 7.76. The second-order valence-electron chi connectivity index (χ2n) is 2.92. The number of hydrogen-bond donors (Lipinski definition) is 0. The van der Waals surface area contributed by atoms with Gasteiger partial charge in [-0.3, -0.25) is 0 Å². The van der Waals surface area contributed by atoms with Gasteiger partial charge < -0.3 is 0 Å². The van der Waals surface area contributed by atoms with Crippen molar-refractivity contribution in [2.45, 2.75) is 5.32 Å². The van der Waals surface area contributed by atoms with Crippen LogP contribution in [0.15, 0.2) is 54.7 Å². The van der Waals surface area contributed by atoms with Crippen LogP contribution in [0.2, 0.25) is 0 Å². The van der Waals surface area contributed by atoms with E-state index in [0.717, 1.165) is 5.32 Å². The van der Waals surface area contributed by atoms with Crippen molar-refractivity contribution in [3.8, 4) is 0 Å². The van der Waals surface area contributed by atoms with E-state index in [0.29, 0.717) is 15.0 Å². The van der Waals surface area contributed by atoms with Gasteiger partial charge in [0.15, 0.2) is 0 Å². The molecule has 0 saturated carbocycles. The van der Waals surface area contributed by atoms with Crippen LogP contribution in [-0.2, 0) is 5.32 Å². The van der Waals surface area contributed by atoms with Crippen LogP contribution in [0, 0.1) is 0 Å². The van der Waals surface area contributed by atoms with E-state index in [4.69, 9.17) is 0 Å². The Balaban J connectivity index is 1.96. The first-order chi connectivity index (χ1) is 6.95. The van der Waals surface area contributed by atoms with Crippen LogP contribution >= 0.6 is 0 Å². The van der Waals surface area contributed by atoms with E-state index in [1.54, 1.807) is 0 Å². The third-order valence-corrected chi connectivity index (χ3v) is 4.05. The second-order valence-corrected chi connectivity index (χ2v) is 5.12. The van der Waals surface area contributed by atoms with Gasteiger partial charge >= 0.3 is 90.1 Å². The molecule has 0 aliphatic heterocycles. The van der Waals surface area contributed by atoms with Crippen molar-refractivity contribution in [1.29, 1.82) is 0 Å². The number of aromatic nitrogens is 1. The molecule has 0 saturated heterocycles. The molecule has 70 valence electrons. The average molecular weight is 248 g/mol. The molecule has 0 spiro atoms. The van der Waals surface area contributed by atoms with Crippen LogP contribution in [0.5, 0.6) is 0 Å². The molecular formula is C12H11NSe. The van der Waals surface area contributed by atoms with Crippen molar-refractivity contribution in [2.75, 3.05) is 0 Å². The molecule has 0 amide bonds. The van der Waals surface area contributed by atoms with Crippen LogP contribution in [0.25, 0.3) is 0 Å². The Morgan fingerprint density at radius 3 is 2.43 bits per heavy atom. The minimum atomic E-state index is 0.510. The number of benzene rings is 1. The fraction of sp³-hybridized carbons (Fsp3) is 0.0833. The summed E-state index contributed by atoms with van der Waals surface area (Å²) >= 11 is 0.510. The van der Waals surface area contributed by atoms with E-state index in [1.807, 2.05) is 18.3 Å². The summed E-state index contributed by atoms with van der Waals surface area (Å²) in [6, 6.07) is 16.7.